The molecule has 1 fully saturated rings. The number of benzene rings is 1. The highest BCUT2D eigenvalue weighted by Crippen LogP contribution is 2.32. The first-order valence-electron chi connectivity index (χ1n) is 10.0. The number of aromatic nitrogens is 4. The van der Waals surface area contributed by atoms with Gasteiger partial charge in [0, 0.05) is 54.4 Å². The average molecular weight is 381 g/mol. The SMILES string of the molecule is Cc1ccc(-c2cc(C3CCN(Cc4cncnc4)C3)ccn2)c2cccnc12. The molecule has 4 aromatic rings. The molecule has 1 saturated heterocycles. The Kier molecular flexibility index (Phi) is 4.74. The molecule has 0 aliphatic carbocycles. The van der Waals surface area contributed by atoms with Gasteiger partial charge in [0.05, 0.1) is 11.2 Å². The van der Waals surface area contributed by atoms with E-state index in [1.165, 1.54) is 16.7 Å². The lowest BCUT2D eigenvalue weighted by Gasteiger charge is -2.16. The van der Waals surface area contributed by atoms with Crippen molar-refractivity contribution in [3.8, 4) is 11.3 Å². The fourth-order valence-electron chi connectivity index (χ4n) is 4.30. The summed E-state index contributed by atoms with van der Waals surface area (Å²) in [6.07, 6.45) is 10.4. The third kappa shape index (κ3) is 3.61. The predicted octanol–water partition coefficient (Wildman–Crippen LogP) is 4.38. The van der Waals surface area contributed by atoms with Crippen LogP contribution >= 0.6 is 0 Å². The van der Waals surface area contributed by atoms with Crippen molar-refractivity contribution in [2.24, 2.45) is 0 Å². The van der Waals surface area contributed by atoms with Crippen molar-refractivity contribution in [2.45, 2.75) is 25.8 Å². The van der Waals surface area contributed by atoms with Gasteiger partial charge in [0.2, 0.25) is 0 Å². The highest BCUT2D eigenvalue weighted by molar-refractivity contribution is 5.95. The van der Waals surface area contributed by atoms with Crippen LogP contribution in [0.4, 0.5) is 0 Å². The maximum Gasteiger partial charge on any atom is 0.115 e. The molecule has 0 bridgehead atoms. The van der Waals surface area contributed by atoms with Crippen LogP contribution in [0.3, 0.4) is 0 Å². The summed E-state index contributed by atoms with van der Waals surface area (Å²) in [5, 5.41) is 1.16. The van der Waals surface area contributed by atoms with E-state index in [0.717, 1.165) is 48.2 Å². The van der Waals surface area contributed by atoms with Crippen molar-refractivity contribution in [1.29, 1.82) is 0 Å². The summed E-state index contributed by atoms with van der Waals surface area (Å²) >= 11 is 0. The number of nitrogens with zero attached hydrogens (tertiary/aromatic N) is 5. The minimum Gasteiger partial charge on any atom is -0.298 e. The fraction of sp³-hybridized carbons (Fsp3) is 0.250. The Bertz CT molecular complexity index is 1140. The molecule has 0 N–H and O–H groups in total. The molecule has 5 nitrogen and oxygen atoms in total. The summed E-state index contributed by atoms with van der Waals surface area (Å²) in [6.45, 7) is 5.15. The molecular formula is C24H23N5. The molecular weight excluding hydrogens is 358 g/mol. The minimum absolute atomic E-state index is 0.524. The maximum atomic E-state index is 4.69. The predicted molar refractivity (Wildman–Crippen MR) is 114 cm³/mol. The molecule has 5 rings (SSSR count). The molecule has 144 valence electrons. The third-order valence-corrected chi connectivity index (χ3v) is 5.80. The van der Waals surface area contributed by atoms with Crippen LogP contribution < -0.4 is 0 Å². The number of pyridine rings is 2. The van der Waals surface area contributed by atoms with Gasteiger partial charge < -0.3 is 0 Å². The van der Waals surface area contributed by atoms with Crippen LogP contribution in [0, 0.1) is 6.92 Å². The molecule has 1 atom stereocenters. The summed E-state index contributed by atoms with van der Waals surface area (Å²) < 4.78 is 0. The molecule has 0 amide bonds. The Morgan fingerprint density at radius 3 is 2.83 bits per heavy atom. The molecule has 3 aromatic heterocycles. The van der Waals surface area contributed by atoms with E-state index in [4.69, 9.17) is 0 Å². The van der Waals surface area contributed by atoms with E-state index >= 15 is 0 Å². The summed E-state index contributed by atoms with van der Waals surface area (Å²) in [4.78, 5) is 20.0. The first-order valence-corrected chi connectivity index (χ1v) is 10.0. The van der Waals surface area contributed by atoms with Gasteiger partial charge >= 0.3 is 0 Å². The average Bonchev–Trinajstić information content (AvgIpc) is 3.24. The minimum atomic E-state index is 0.524. The molecule has 1 aromatic carbocycles. The second-order valence-electron chi connectivity index (χ2n) is 7.77. The van der Waals surface area contributed by atoms with Crippen LogP contribution in [0.5, 0.6) is 0 Å². The lowest BCUT2D eigenvalue weighted by molar-refractivity contribution is 0.326. The number of hydrogen-bond donors (Lipinski definition) is 0. The standard InChI is InChI=1S/C24H23N5/c1-17-4-5-21(22-3-2-8-28-24(17)22)23-11-19(6-9-27-23)20-7-10-29(15-20)14-18-12-25-16-26-13-18/h2-6,8-9,11-13,16,20H,7,10,14-15H2,1H3. The molecule has 5 heteroatoms. The largest absolute Gasteiger partial charge is 0.298 e. The summed E-state index contributed by atoms with van der Waals surface area (Å²) in [5.74, 6) is 0.524. The van der Waals surface area contributed by atoms with E-state index in [2.05, 4.69) is 62.1 Å². The van der Waals surface area contributed by atoms with Crippen molar-refractivity contribution in [1.82, 2.24) is 24.8 Å². The van der Waals surface area contributed by atoms with Crippen molar-refractivity contribution >= 4 is 10.9 Å². The van der Waals surface area contributed by atoms with Crippen LogP contribution in [-0.4, -0.2) is 37.9 Å². The van der Waals surface area contributed by atoms with E-state index in [0.29, 0.717) is 5.92 Å². The van der Waals surface area contributed by atoms with E-state index in [1.807, 2.05) is 30.9 Å². The highest BCUT2D eigenvalue weighted by Gasteiger charge is 2.24. The normalized spacial score (nSPS) is 17.1. The van der Waals surface area contributed by atoms with Crippen LogP contribution in [0.2, 0.25) is 0 Å². The van der Waals surface area contributed by atoms with Crippen molar-refractivity contribution < 1.29 is 0 Å². The van der Waals surface area contributed by atoms with Gasteiger partial charge in [-0.1, -0.05) is 18.2 Å². The Labute approximate surface area is 170 Å². The maximum absolute atomic E-state index is 4.69. The van der Waals surface area contributed by atoms with E-state index in [1.54, 1.807) is 6.33 Å². The van der Waals surface area contributed by atoms with Gasteiger partial charge in [0.1, 0.15) is 6.33 Å². The van der Waals surface area contributed by atoms with Crippen molar-refractivity contribution in [2.75, 3.05) is 13.1 Å². The molecule has 1 aliphatic rings. The number of likely N-dealkylation sites (tertiary alicyclic amines) is 1. The van der Waals surface area contributed by atoms with E-state index in [-0.39, 0.29) is 0 Å². The number of hydrogen-bond acceptors (Lipinski definition) is 5. The summed E-state index contributed by atoms with van der Waals surface area (Å²) in [7, 11) is 0. The highest BCUT2D eigenvalue weighted by atomic mass is 15.1. The second kappa shape index (κ2) is 7.68. The van der Waals surface area contributed by atoms with Gasteiger partial charge in [-0.15, -0.1) is 0 Å². The Hall–Kier alpha value is -3.18. The molecule has 0 spiro atoms. The van der Waals surface area contributed by atoms with E-state index < -0.39 is 0 Å². The third-order valence-electron chi connectivity index (χ3n) is 5.80. The first-order chi connectivity index (χ1) is 14.3. The van der Waals surface area contributed by atoms with Crippen molar-refractivity contribution in [3.05, 3.63) is 84.2 Å². The zero-order valence-corrected chi connectivity index (χ0v) is 16.5. The second-order valence-corrected chi connectivity index (χ2v) is 7.77. The zero-order chi connectivity index (χ0) is 19.6. The number of fused-ring (bicyclic) bond motifs is 1. The van der Waals surface area contributed by atoms with Gasteiger partial charge in [-0.3, -0.25) is 14.9 Å². The first kappa shape index (κ1) is 17.9. The summed E-state index contributed by atoms with van der Waals surface area (Å²) in [6, 6.07) is 12.9. The fourth-order valence-corrected chi connectivity index (χ4v) is 4.30. The molecule has 4 heterocycles. The van der Waals surface area contributed by atoms with Crippen LogP contribution in [-0.2, 0) is 6.54 Å². The van der Waals surface area contributed by atoms with Gasteiger partial charge in [-0.25, -0.2) is 9.97 Å². The molecule has 0 saturated carbocycles. The molecule has 29 heavy (non-hydrogen) atoms. The van der Waals surface area contributed by atoms with E-state index in [9.17, 15) is 0 Å². The Morgan fingerprint density at radius 1 is 1.03 bits per heavy atom. The Balaban J connectivity index is 1.41. The molecule has 1 unspecified atom stereocenters. The van der Waals surface area contributed by atoms with Crippen molar-refractivity contribution in [3.63, 3.8) is 0 Å². The van der Waals surface area contributed by atoms with Gasteiger partial charge in [-0.2, -0.15) is 0 Å². The monoisotopic (exact) mass is 381 g/mol. The zero-order valence-electron chi connectivity index (χ0n) is 16.5. The lowest BCUT2D eigenvalue weighted by atomic mass is 9.96. The molecule has 0 radical (unpaired) electrons. The van der Waals surface area contributed by atoms with Gasteiger partial charge in [0.15, 0.2) is 0 Å². The van der Waals surface area contributed by atoms with Crippen LogP contribution in [0.1, 0.15) is 29.0 Å². The lowest BCUT2D eigenvalue weighted by Crippen LogP contribution is -2.20. The summed E-state index contributed by atoms with van der Waals surface area (Å²) in [5.41, 5.74) is 6.94. The van der Waals surface area contributed by atoms with Gasteiger partial charge in [0.25, 0.3) is 0 Å². The smallest absolute Gasteiger partial charge is 0.115 e. The van der Waals surface area contributed by atoms with Crippen LogP contribution in [0.25, 0.3) is 22.2 Å². The quantitative estimate of drug-likeness (QED) is 0.525. The number of aryl methyl sites for hydroxylation is 1. The topological polar surface area (TPSA) is 54.8 Å². The van der Waals surface area contributed by atoms with Crippen LogP contribution in [0.15, 0.2) is 67.5 Å². The number of rotatable bonds is 4. The molecule has 1 aliphatic heterocycles. The van der Waals surface area contributed by atoms with Gasteiger partial charge in [-0.05, 0) is 55.1 Å². The Morgan fingerprint density at radius 2 is 1.93 bits per heavy atom.